The number of nitrogens with zero attached hydrogens (tertiary/aromatic N) is 9. The molecule has 1 fully saturated rings. The lowest BCUT2D eigenvalue weighted by molar-refractivity contribution is 0.0537. The molecule has 64 heavy (non-hydrogen) atoms. The summed E-state index contributed by atoms with van der Waals surface area (Å²) in [7, 11) is 8.91. The highest BCUT2D eigenvalue weighted by Crippen LogP contribution is 2.33. The molecular weight excluding hydrogens is 811 g/mol. The van der Waals surface area contributed by atoms with Crippen LogP contribution in [0.25, 0.3) is 0 Å². The zero-order chi connectivity index (χ0) is 47.5. The van der Waals surface area contributed by atoms with Gasteiger partial charge in [0.1, 0.15) is 35.2 Å². The van der Waals surface area contributed by atoms with E-state index in [4.69, 9.17) is 9.57 Å². The van der Waals surface area contributed by atoms with Crippen LogP contribution in [-0.2, 0) is 4.84 Å². The quantitative estimate of drug-likeness (QED) is 0.0980. The number of nitrogens with one attached hydrogen (secondary N) is 4. The zero-order valence-electron chi connectivity index (χ0n) is 39.9. The largest absolute Gasteiger partial charge is 0.460 e. The van der Waals surface area contributed by atoms with Crippen LogP contribution >= 0.6 is 0 Å². The highest BCUT2D eigenvalue weighted by atomic mass is 16.6. The number of nitriles is 2. The summed E-state index contributed by atoms with van der Waals surface area (Å²) in [6, 6.07) is 15.3. The number of carbonyl (C=O) groups excluding carboxylic acids is 2. The second-order valence-corrected chi connectivity index (χ2v) is 18.6. The minimum absolute atomic E-state index is 0.00515. The molecule has 2 aromatic carbocycles. The maximum absolute atomic E-state index is 12.3. The van der Waals surface area contributed by atoms with Crippen molar-refractivity contribution in [3.63, 3.8) is 0 Å². The van der Waals surface area contributed by atoms with E-state index in [0.29, 0.717) is 63.6 Å². The summed E-state index contributed by atoms with van der Waals surface area (Å²) in [5.74, 6) is 1.87. The molecule has 1 saturated heterocycles. The van der Waals surface area contributed by atoms with Crippen LogP contribution in [0.5, 0.6) is 6.01 Å². The van der Waals surface area contributed by atoms with E-state index >= 15 is 0 Å². The smallest absolute Gasteiger partial charge is 0.320 e. The number of benzene rings is 2. The lowest BCUT2D eigenvalue weighted by Crippen LogP contribution is -2.36. The van der Waals surface area contributed by atoms with Crippen LogP contribution in [0, 0.1) is 54.3 Å². The van der Waals surface area contributed by atoms with Crippen LogP contribution in [0.4, 0.5) is 34.6 Å². The molecule has 1 aliphatic rings. The number of hydroxylamine groups is 1. The van der Waals surface area contributed by atoms with Gasteiger partial charge in [0, 0.05) is 69.8 Å². The Bertz CT molecular complexity index is 2370. The molecule has 4 aromatic rings. The molecule has 2 aromatic heterocycles. The number of hydrogen-bond donors (Lipinski definition) is 4. The average Bonchev–Trinajstić information content (AvgIpc) is 3.21. The predicted molar refractivity (Wildman–Crippen MR) is 252 cm³/mol. The number of rotatable bonds is 13. The van der Waals surface area contributed by atoms with Crippen molar-refractivity contribution in [2.45, 2.75) is 81.3 Å². The van der Waals surface area contributed by atoms with Gasteiger partial charge in [-0.15, -0.1) is 0 Å². The van der Waals surface area contributed by atoms with E-state index in [1.807, 2.05) is 49.9 Å². The van der Waals surface area contributed by atoms with Crippen LogP contribution in [0.15, 0.2) is 36.4 Å². The molecule has 0 atom stereocenters. The predicted octanol–water partition coefficient (Wildman–Crippen LogP) is 7.20. The maximum atomic E-state index is 12.3. The molecule has 17 heteroatoms. The minimum Gasteiger partial charge on any atom is -0.460 e. The van der Waals surface area contributed by atoms with Gasteiger partial charge in [-0.25, -0.2) is 15.4 Å². The monoisotopic (exact) mass is 876 g/mol. The molecule has 0 saturated carbocycles. The third kappa shape index (κ3) is 14.0. The summed E-state index contributed by atoms with van der Waals surface area (Å²) >= 11 is 0. The average molecular weight is 876 g/mol. The molecule has 0 spiro atoms. The SMILES string of the molecule is CNC(=O)c1ccc(C)c(Nc2nc(C)nc(N(C)CC(C)(C)C)c2C#N)c1.CONC(=O)c1ccc(C)c(Nc2nc(OC3CCN(C)CC3)nc(N(C)CC(C)(C)C)c2C#N)c1. The summed E-state index contributed by atoms with van der Waals surface area (Å²) in [5.41, 5.74) is 7.17. The molecule has 0 aliphatic carbocycles. The Hall–Kier alpha value is -6.56. The van der Waals surface area contributed by atoms with E-state index in [-0.39, 0.29) is 34.8 Å². The third-order valence-electron chi connectivity index (χ3n) is 10.1. The number of carbonyl (C=O) groups is 2. The van der Waals surface area contributed by atoms with E-state index in [2.05, 4.69) is 107 Å². The van der Waals surface area contributed by atoms with Gasteiger partial charge in [-0.2, -0.15) is 20.5 Å². The molecule has 2 amide bonds. The fourth-order valence-corrected chi connectivity index (χ4v) is 7.15. The number of likely N-dealkylation sites (tertiary alicyclic amines) is 1. The zero-order valence-corrected chi connectivity index (χ0v) is 39.9. The maximum Gasteiger partial charge on any atom is 0.320 e. The van der Waals surface area contributed by atoms with Gasteiger partial charge in [0.25, 0.3) is 11.8 Å². The van der Waals surface area contributed by atoms with Crippen molar-refractivity contribution in [2.24, 2.45) is 10.8 Å². The molecule has 0 radical (unpaired) electrons. The second kappa shape index (κ2) is 21.7. The number of amides is 2. The van der Waals surface area contributed by atoms with Crippen molar-refractivity contribution in [1.82, 2.24) is 35.6 Å². The number of aromatic nitrogens is 4. The van der Waals surface area contributed by atoms with Gasteiger partial charge in [0.05, 0.1) is 7.11 Å². The molecule has 0 unspecified atom stereocenters. The van der Waals surface area contributed by atoms with Crippen molar-refractivity contribution >= 4 is 46.5 Å². The number of anilines is 6. The Kier molecular flexibility index (Phi) is 17.0. The summed E-state index contributed by atoms with van der Waals surface area (Å²) in [5, 5.41) is 29.0. The van der Waals surface area contributed by atoms with Gasteiger partial charge in [-0.05, 0) is 86.9 Å². The summed E-state index contributed by atoms with van der Waals surface area (Å²) < 4.78 is 6.22. The Morgan fingerprint density at radius 2 is 1.23 bits per heavy atom. The summed E-state index contributed by atoms with van der Waals surface area (Å²) in [6.07, 6.45) is 1.77. The Morgan fingerprint density at radius 3 is 1.69 bits per heavy atom. The lowest BCUT2D eigenvalue weighted by atomic mass is 9.96. The Balaban J connectivity index is 0.000000290. The molecule has 4 N–H and O–H groups in total. The molecular formula is C47H65N13O4. The second-order valence-electron chi connectivity index (χ2n) is 18.6. The summed E-state index contributed by atoms with van der Waals surface area (Å²) in [6.45, 7) is 21.7. The fraction of sp³-hybridized carbons (Fsp3) is 0.489. The van der Waals surface area contributed by atoms with Gasteiger partial charge in [0.15, 0.2) is 23.3 Å². The topological polar surface area (TPSA) is 210 Å². The molecule has 0 bridgehead atoms. The highest BCUT2D eigenvalue weighted by molar-refractivity contribution is 5.96. The molecule has 3 heterocycles. The van der Waals surface area contributed by atoms with Crippen molar-refractivity contribution in [1.29, 1.82) is 10.5 Å². The summed E-state index contributed by atoms with van der Waals surface area (Å²) in [4.78, 5) is 53.4. The van der Waals surface area contributed by atoms with E-state index in [1.54, 1.807) is 38.2 Å². The lowest BCUT2D eigenvalue weighted by Gasteiger charge is -2.30. The first-order chi connectivity index (χ1) is 30.1. The Morgan fingerprint density at radius 1 is 0.766 bits per heavy atom. The van der Waals surface area contributed by atoms with Crippen molar-refractivity contribution in [3.05, 3.63) is 75.6 Å². The van der Waals surface area contributed by atoms with E-state index in [0.717, 1.165) is 49.3 Å². The van der Waals surface area contributed by atoms with Crippen LogP contribution in [0.2, 0.25) is 0 Å². The molecule has 342 valence electrons. The van der Waals surface area contributed by atoms with Crippen molar-refractivity contribution in [3.8, 4) is 18.1 Å². The highest BCUT2D eigenvalue weighted by Gasteiger charge is 2.26. The normalized spacial score (nSPS) is 13.1. The first kappa shape index (κ1) is 50.1. The van der Waals surface area contributed by atoms with Gasteiger partial charge < -0.3 is 35.4 Å². The third-order valence-corrected chi connectivity index (χ3v) is 10.1. The van der Waals surface area contributed by atoms with Gasteiger partial charge in [-0.1, -0.05) is 53.7 Å². The van der Waals surface area contributed by atoms with Crippen LogP contribution in [-0.4, -0.2) is 104 Å². The number of piperidine rings is 1. The van der Waals surface area contributed by atoms with Crippen molar-refractivity contribution in [2.75, 3.05) is 81.9 Å². The first-order valence-electron chi connectivity index (χ1n) is 21.2. The van der Waals surface area contributed by atoms with Crippen LogP contribution in [0.1, 0.15) is 103 Å². The molecule has 5 rings (SSSR count). The van der Waals surface area contributed by atoms with E-state index in [9.17, 15) is 20.1 Å². The Labute approximate surface area is 378 Å². The van der Waals surface area contributed by atoms with Crippen LogP contribution < -0.4 is 36.0 Å². The number of ether oxygens (including phenoxy) is 1. The van der Waals surface area contributed by atoms with Gasteiger partial charge in [-0.3, -0.25) is 14.4 Å². The first-order valence-corrected chi connectivity index (χ1v) is 21.2. The molecule has 17 nitrogen and oxygen atoms in total. The van der Waals surface area contributed by atoms with E-state index < -0.39 is 0 Å². The number of hydrogen-bond acceptors (Lipinski definition) is 15. The minimum atomic E-state index is -0.374. The van der Waals surface area contributed by atoms with Crippen molar-refractivity contribution < 1.29 is 19.2 Å². The fourth-order valence-electron chi connectivity index (χ4n) is 7.15. The molecule has 1 aliphatic heterocycles. The van der Waals surface area contributed by atoms with Gasteiger partial charge >= 0.3 is 6.01 Å². The van der Waals surface area contributed by atoms with Gasteiger partial charge in [0.2, 0.25) is 0 Å². The standard InChI is InChI=1S/C26H37N7O3.C21H28N6O/c1-17-8-9-18(24(34)31-35-7)14-21(17)28-22-20(15-27)23(33(6)16-26(2,3)4)30-25(29-22)36-19-10-12-32(5)13-11-19;1-13-8-9-15(20(28)23-6)10-17(13)26-18-16(11-22)19(25-14(2)24-18)27(7)12-21(3,4)5/h8-9,14,19H,10-13,16H2,1-7H3,(H,31,34)(H,28,29,30);8-10H,12H2,1-7H3,(H,23,28)(H,24,25,26). The van der Waals surface area contributed by atoms with Crippen LogP contribution in [0.3, 0.4) is 0 Å². The number of aryl methyl sites for hydroxylation is 3. The van der Waals surface area contributed by atoms with E-state index in [1.165, 1.54) is 7.11 Å².